The van der Waals surface area contributed by atoms with Crippen molar-refractivity contribution in [1.29, 1.82) is 5.26 Å². The summed E-state index contributed by atoms with van der Waals surface area (Å²) in [5.74, 6) is 0.837. The van der Waals surface area contributed by atoms with Crippen molar-refractivity contribution >= 4 is 0 Å². The molecule has 1 aromatic carbocycles. The van der Waals surface area contributed by atoms with Crippen LogP contribution in [0.15, 0.2) is 24.3 Å². The molecule has 0 aliphatic rings. The Morgan fingerprint density at radius 2 is 1.89 bits per heavy atom. The summed E-state index contributed by atoms with van der Waals surface area (Å²) >= 11 is 0. The quantitative estimate of drug-likeness (QED) is 0.817. The lowest BCUT2D eigenvalue weighted by molar-refractivity contribution is 0.242. The average molecular weight is 261 g/mol. The van der Waals surface area contributed by atoms with Crippen LogP contribution < -0.4 is 10.1 Å². The molecular weight excluding hydrogens is 238 g/mol. The van der Waals surface area contributed by atoms with Gasteiger partial charge in [-0.2, -0.15) is 5.26 Å². The summed E-state index contributed by atoms with van der Waals surface area (Å²) in [6.45, 7) is 5.69. The lowest BCUT2D eigenvalue weighted by Gasteiger charge is -2.15. The number of hydrogen-bond donors (Lipinski definition) is 1. The number of likely N-dealkylation sites (N-methyl/N-ethyl adjacent to an activating group) is 1. The molecule has 0 spiro atoms. The first kappa shape index (κ1) is 15.5. The van der Waals surface area contributed by atoms with Crippen LogP contribution in [0.3, 0.4) is 0 Å². The maximum atomic E-state index is 9.20. The minimum absolute atomic E-state index is 0.163. The van der Waals surface area contributed by atoms with Gasteiger partial charge in [0.25, 0.3) is 0 Å². The Morgan fingerprint density at radius 1 is 1.26 bits per heavy atom. The van der Waals surface area contributed by atoms with E-state index in [2.05, 4.69) is 16.3 Å². The van der Waals surface area contributed by atoms with Crippen molar-refractivity contribution in [2.75, 3.05) is 27.2 Å². The van der Waals surface area contributed by atoms with Crippen LogP contribution in [-0.2, 0) is 0 Å². The van der Waals surface area contributed by atoms with Crippen molar-refractivity contribution in [3.05, 3.63) is 29.8 Å². The zero-order valence-electron chi connectivity index (χ0n) is 12.2. The number of hydrogen-bond acceptors (Lipinski definition) is 4. The molecule has 0 heterocycles. The van der Waals surface area contributed by atoms with Crippen LogP contribution in [0, 0.1) is 11.3 Å². The van der Waals surface area contributed by atoms with Gasteiger partial charge in [0, 0.05) is 13.1 Å². The van der Waals surface area contributed by atoms with Crippen molar-refractivity contribution in [2.45, 2.75) is 26.0 Å². The zero-order chi connectivity index (χ0) is 14.3. The molecule has 4 heteroatoms. The van der Waals surface area contributed by atoms with Crippen LogP contribution in [0.2, 0.25) is 0 Å². The van der Waals surface area contributed by atoms with Gasteiger partial charge in [-0.3, -0.25) is 5.32 Å². The van der Waals surface area contributed by atoms with Gasteiger partial charge in [-0.15, -0.1) is 0 Å². The number of benzene rings is 1. The molecule has 0 aromatic heterocycles. The number of nitrogens with zero attached hydrogens (tertiary/aromatic N) is 2. The summed E-state index contributed by atoms with van der Waals surface area (Å²) < 4.78 is 5.59. The van der Waals surface area contributed by atoms with Crippen LogP contribution in [0.4, 0.5) is 0 Å². The van der Waals surface area contributed by atoms with Gasteiger partial charge in [0.2, 0.25) is 0 Å². The second-order valence-electron chi connectivity index (χ2n) is 5.06. The van der Waals surface area contributed by atoms with E-state index in [1.165, 1.54) is 0 Å². The molecule has 0 aliphatic carbocycles. The van der Waals surface area contributed by atoms with E-state index < -0.39 is 0 Å². The molecule has 0 radical (unpaired) electrons. The predicted octanol–water partition coefficient (Wildman–Crippen LogP) is 2.19. The lowest BCUT2D eigenvalue weighted by Crippen LogP contribution is -2.29. The molecule has 1 atom stereocenters. The van der Waals surface area contributed by atoms with Gasteiger partial charge in [-0.25, -0.2) is 0 Å². The van der Waals surface area contributed by atoms with Gasteiger partial charge in [0.1, 0.15) is 11.8 Å². The van der Waals surface area contributed by atoms with Gasteiger partial charge in [0.05, 0.1) is 12.2 Å². The second-order valence-corrected chi connectivity index (χ2v) is 5.06. The summed E-state index contributed by atoms with van der Waals surface area (Å²) in [4.78, 5) is 2.08. The largest absolute Gasteiger partial charge is 0.491 e. The summed E-state index contributed by atoms with van der Waals surface area (Å²) in [5, 5.41) is 12.4. The molecule has 0 saturated heterocycles. The molecule has 0 aliphatic heterocycles. The highest BCUT2D eigenvalue weighted by Crippen LogP contribution is 2.18. The van der Waals surface area contributed by atoms with E-state index in [0.717, 1.165) is 24.4 Å². The zero-order valence-corrected chi connectivity index (χ0v) is 12.2. The van der Waals surface area contributed by atoms with E-state index in [4.69, 9.17) is 4.74 Å². The summed E-state index contributed by atoms with van der Waals surface area (Å²) in [6.07, 6.45) is 0.163. The fraction of sp³-hybridized carbons (Fsp3) is 0.533. The number of ether oxygens (including phenoxy) is 1. The monoisotopic (exact) mass is 261 g/mol. The maximum absolute atomic E-state index is 9.20. The molecule has 0 saturated carbocycles. The number of nitrogens with one attached hydrogen (secondary N) is 1. The van der Waals surface area contributed by atoms with E-state index in [-0.39, 0.29) is 12.1 Å². The van der Waals surface area contributed by atoms with Crippen LogP contribution >= 0.6 is 0 Å². The Labute approximate surface area is 116 Å². The van der Waals surface area contributed by atoms with Crippen LogP contribution in [0.1, 0.15) is 25.5 Å². The fourth-order valence-electron chi connectivity index (χ4n) is 1.68. The number of rotatable bonds is 7. The number of nitriles is 1. The molecule has 1 N–H and O–H groups in total. The third-order valence-electron chi connectivity index (χ3n) is 2.62. The van der Waals surface area contributed by atoms with Crippen molar-refractivity contribution < 1.29 is 4.74 Å². The highest BCUT2D eigenvalue weighted by Gasteiger charge is 2.09. The standard InChI is InChI=1S/C15H23N3O/c1-12(2)19-14-7-5-13(6-8-14)15(11-16)17-9-10-18(3)4/h5-8,12,15,17H,9-10H2,1-4H3. The second kappa shape index (κ2) is 7.78. The third kappa shape index (κ3) is 5.73. The first-order valence-corrected chi connectivity index (χ1v) is 6.57. The summed E-state index contributed by atoms with van der Waals surface area (Å²) in [6, 6.07) is 9.71. The Bertz CT molecular complexity index is 406. The Morgan fingerprint density at radius 3 is 2.37 bits per heavy atom. The Balaban J connectivity index is 2.59. The van der Waals surface area contributed by atoms with E-state index >= 15 is 0 Å². The third-order valence-corrected chi connectivity index (χ3v) is 2.62. The molecule has 0 fully saturated rings. The SMILES string of the molecule is CC(C)Oc1ccc(C(C#N)NCCN(C)C)cc1. The summed E-state index contributed by atoms with van der Waals surface area (Å²) in [7, 11) is 4.03. The van der Waals surface area contributed by atoms with Gasteiger partial charge >= 0.3 is 0 Å². The molecule has 19 heavy (non-hydrogen) atoms. The molecule has 1 unspecified atom stereocenters. The van der Waals surface area contributed by atoms with E-state index in [9.17, 15) is 5.26 Å². The van der Waals surface area contributed by atoms with Gasteiger partial charge < -0.3 is 9.64 Å². The molecule has 0 amide bonds. The lowest BCUT2D eigenvalue weighted by atomic mass is 10.1. The minimum Gasteiger partial charge on any atom is -0.491 e. The van der Waals surface area contributed by atoms with Crippen LogP contribution in [0.25, 0.3) is 0 Å². The highest BCUT2D eigenvalue weighted by molar-refractivity contribution is 5.31. The van der Waals surface area contributed by atoms with Gasteiger partial charge in [0.15, 0.2) is 0 Å². The normalized spacial score (nSPS) is 12.5. The minimum atomic E-state index is -0.270. The van der Waals surface area contributed by atoms with Crippen LogP contribution in [0.5, 0.6) is 5.75 Å². The van der Waals surface area contributed by atoms with Crippen molar-refractivity contribution in [3.63, 3.8) is 0 Å². The van der Waals surface area contributed by atoms with E-state index in [1.807, 2.05) is 52.2 Å². The molecular formula is C15H23N3O. The Hall–Kier alpha value is -1.57. The first-order valence-electron chi connectivity index (χ1n) is 6.57. The van der Waals surface area contributed by atoms with Crippen LogP contribution in [-0.4, -0.2) is 38.2 Å². The molecule has 104 valence electrons. The topological polar surface area (TPSA) is 48.3 Å². The summed E-state index contributed by atoms with van der Waals surface area (Å²) in [5.41, 5.74) is 0.970. The van der Waals surface area contributed by atoms with E-state index in [1.54, 1.807) is 0 Å². The first-order chi connectivity index (χ1) is 9.02. The molecule has 4 nitrogen and oxygen atoms in total. The maximum Gasteiger partial charge on any atom is 0.121 e. The smallest absolute Gasteiger partial charge is 0.121 e. The average Bonchev–Trinajstić information content (AvgIpc) is 2.35. The molecule has 1 rings (SSSR count). The van der Waals surface area contributed by atoms with Gasteiger partial charge in [-0.1, -0.05) is 12.1 Å². The van der Waals surface area contributed by atoms with Crippen molar-refractivity contribution in [2.24, 2.45) is 0 Å². The van der Waals surface area contributed by atoms with E-state index in [0.29, 0.717) is 0 Å². The van der Waals surface area contributed by atoms with Crippen molar-refractivity contribution in [3.8, 4) is 11.8 Å². The Kier molecular flexibility index (Phi) is 6.34. The predicted molar refractivity (Wildman–Crippen MR) is 77.1 cm³/mol. The molecule has 1 aromatic rings. The van der Waals surface area contributed by atoms with Crippen molar-refractivity contribution in [1.82, 2.24) is 10.2 Å². The highest BCUT2D eigenvalue weighted by atomic mass is 16.5. The molecule has 0 bridgehead atoms. The van der Waals surface area contributed by atoms with Gasteiger partial charge in [-0.05, 0) is 45.6 Å². The fourth-order valence-corrected chi connectivity index (χ4v) is 1.68.